The standard InChI is InChI=1S/C14H30N4/c1-6-17(7-2)8-9-18-12(10-14(3,4)5)11-16-13(18)15/h12H,6-11H2,1-5H3,(H2,15,16). The zero-order valence-corrected chi connectivity index (χ0v) is 12.7. The van der Waals surface area contributed by atoms with Gasteiger partial charge in [-0.15, -0.1) is 0 Å². The fraction of sp³-hybridized carbons (Fsp3) is 0.929. The minimum atomic E-state index is 0.332. The van der Waals surface area contributed by atoms with E-state index >= 15 is 0 Å². The second kappa shape index (κ2) is 6.41. The molecule has 4 heteroatoms. The van der Waals surface area contributed by atoms with Crippen LogP contribution in [-0.2, 0) is 0 Å². The summed E-state index contributed by atoms with van der Waals surface area (Å²) in [5, 5.41) is 0. The number of guanidine groups is 1. The van der Waals surface area contributed by atoms with E-state index in [4.69, 9.17) is 5.73 Å². The van der Waals surface area contributed by atoms with Gasteiger partial charge in [0.1, 0.15) is 0 Å². The van der Waals surface area contributed by atoms with E-state index in [1.54, 1.807) is 0 Å². The average Bonchev–Trinajstić information content (AvgIpc) is 2.60. The van der Waals surface area contributed by atoms with E-state index in [0.29, 0.717) is 11.5 Å². The Labute approximate surface area is 112 Å². The third-order valence-electron chi connectivity index (χ3n) is 3.60. The van der Waals surface area contributed by atoms with Crippen LogP contribution in [0.15, 0.2) is 4.99 Å². The lowest BCUT2D eigenvalue weighted by Crippen LogP contribution is -2.46. The molecule has 0 fully saturated rings. The van der Waals surface area contributed by atoms with Crippen LogP contribution in [0.4, 0.5) is 0 Å². The molecule has 0 aromatic heterocycles. The fourth-order valence-electron chi connectivity index (χ4n) is 2.54. The first-order chi connectivity index (χ1) is 8.37. The largest absolute Gasteiger partial charge is 0.370 e. The average molecular weight is 254 g/mol. The highest BCUT2D eigenvalue weighted by atomic mass is 15.3. The van der Waals surface area contributed by atoms with Gasteiger partial charge in [0.2, 0.25) is 0 Å². The quantitative estimate of drug-likeness (QED) is 0.785. The van der Waals surface area contributed by atoms with Gasteiger partial charge in [-0.2, -0.15) is 0 Å². The predicted molar refractivity (Wildman–Crippen MR) is 78.8 cm³/mol. The molecular weight excluding hydrogens is 224 g/mol. The van der Waals surface area contributed by atoms with E-state index in [-0.39, 0.29) is 0 Å². The van der Waals surface area contributed by atoms with Crippen LogP contribution in [0.1, 0.15) is 41.0 Å². The van der Waals surface area contributed by atoms with E-state index in [2.05, 4.69) is 49.4 Å². The van der Waals surface area contributed by atoms with Crippen molar-refractivity contribution < 1.29 is 0 Å². The van der Waals surface area contributed by atoms with Crippen molar-refractivity contribution in [3.63, 3.8) is 0 Å². The van der Waals surface area contributed by atoms with E-state index in [1.165, 1.54) is 0 Å². The second-order valence-electron chi connectivity index (χ2n) is 6.34. The van der Waals surface area contributed by atoms with Crippen molar-refractivity contribution in [1.29, 1.82) is 0 Å². The van der Waals surface area contributed by atoms with E-state index < -0.39 is 0 Å². The van der Waals surface area contributed by atoms with E-state index in [0.717, 1.165) is 45.1 Å². The highest BCUT2D eigenvalue weighted by Gasteiger charge is 2.29. The monoisotopic (exact) mass is 254 g/mol. The zero-order chi connectivity index (χ0) is 13.8. The van der Waals surface area contributed by atoms with Gasteiger partial charge in [0.15, 0.2) is 5.96 Å². The molecule has 18 heavy (non-hydrogen) atoms. The van der Waals surface area contributed by atoms with Gasteiger partial charge in [0.05, 0.1) is 12.6 Å². The van der Waals surface area contributed by atoms with Crippen LogP contribution < -0.4 is 5.73 Å². The number of hydrogen-bond donors (Lipinski definition) is 1. The normalized spacial score (nSPS) is 20.7. The first-order valence-corrected chi connectivity index (χ1v) is 7.16. The number of hydrogen-bond acceptors (Lipinski definition) is 4. The molecule has 0 aliphatic carbocycles. The minimum absolute atomic E-state index is 0.332. The molecule has 1 aliphatic heterocycles. The Hall–Kier alpha value is -0.770. The molecule has 0 aromatic carbocycles. The molecular formula is C14H30N4. The van der Waals surface area contributed by atoms with Crippen molar-refractivity contribution in [2.45, 2.75) is 47.1 Å². The summed E-state index contributed by atoms with van der Waals surface area (Å²) in [6.07, 6.45) is 1.15. The van der Waals surface area contributed by atoms with Gasteiger partial charge in [-0.05, 0) is 24.9 Å². The maximum absolute atomic E-state index is 6.01. The fourth-order valence-corrected chi connectivity index (χ4v) is 2.54. The first kappa shape index (κ1) is 15.3. The Morgan fingerprint density at radius 2 is 1.94 bits per heavy atom. The predicted octanol–water partition coefficient (Wildman–Crippen LogP) is 1.76. The topological polar surface area (TPSA) is 44.9 Å². The summed E-state index contributed by atoms with van der Waals surface area (Å²) >= 11 is 0. The van der Waals surface area contributed by atoms with Gasteiger partial charge < -0.3 is 15.5 Å². The SMILES string of the molecule is CCN(CC)CCN1C(N)=NCC1CC(C)(C)C. The van der Waals surface area contributed by atoms with Crippen LogP contribution in [0, 0.1) is 5.41 Å². The van der Waals surface area contributed by atoms with Gasteiger partial charge in [-0.3, -0.25) is 4.99 Å². The smallest absolute Gasteiger partial charge is 0.191 e. The van der Waals surface area contributed by atoms with Gasteiger partial charge in [0.25, 0.3) is 0 Å². The van der Waals surface area contributed by atoms with Gasteiger partial charge in [-0.1, -0.05) is 34.6 Å². The highest BCUT2D eigenvalue weighted by Crippen LogP contribution is 2.25. The van der Waals surface area contributed by atoms with E-state index in [9.17, 15) is 0 Å². The minimum Gasteiger partial charge on any atom is -0.370 e. The van der Waals surface area contributed by atoms with Gasteiger partial charge >= 0.3 is 0 Å². The summed E-state index contributed by atoms with van der Waals surface area (Å²) in [7, 11) is 0. The van der Waals surface area contributed by atoms with Crippen LogP contribution in [0.5, 0.6) is 0 Å². The molecule has 0 amide bonds. The molecule has 4 nitrogen and oxygen atoms in total. The molecule has 0 saturated carbocycles. The number of rotatable bonds is 6. The molecule has 1 rings (SSSR count). The summed E-state index contributed by atoms with van der Waals surface area (Å²) < 4.78 is 0. The van der Waals surface area contributed by atoms with Crippen LogP contribution in [0.2, 0.25) is 0 Å². The lowest BCUT2D eigenvalue weighted by atomic mass is 9.88. The molecule has 1 heterocycles. The van der Waals surface area contributed by atoms with Gasteiger partial charge in [-0.25, -0.2) is 0 Å². The van der Waals surface area contributed by atoms with Crippen LogP contribution in [0.25, 0.3) is 0 Å². The van der Waals surface area contributed by atoms with Crippen molar-refractivity contribution in [3.8, 4) is 0 Å². The van der Waals surface area contributed by atoms with Gasteiger partial charge in [0, 0.05) is 13.1 Å². The number of nitrogens with two attached hydrogens (primary N) is 1. The molecule has 0 saturated heterocycles. The molecule has 0 aromatic rings. The van der Waals surface area contributed by atoms with Crippen molar-refractivity contribution >= 4 is 5.96 Å². The molecule has 0 radical (unpaired) electrons. The Morgan fingerprint density at radius 3 is 2.44 bits per heavy atom. The maximum Gasteiger partial charge on any atom is 0.191 e. The summed E-state index contributed by atoms with van der Waals surface area (Å²) in [4.78, 5) is 9.14. The molecule has 1 unspecified atom stereocenters. The van der Waals surface area contributed by atoms with Crippen molar-refractivity contribution in [2.75, 3.05) is 32.7 Å². The highest BCUT2D eigenvalue weighted by molar-refractivity contribution is 5.80. The second-order valence-corrected chi connectivity index (χ2v) is 6.34. The maximum atomic E-state index is 6.01. The van der Waals surface area contributed by atoms with Crippen molar-refractivity contribution in [3.05, 3.63) is 0 Å². The third kappa shape index (κ3) is 4.48. The number of nitrogens with zero attached hydrogens (tertiary/aromatic N) is 3. The molecule has 106 valence electrons. The Kier molecular flexibility index (Phi) is 5.45. The Morgan fingerprint density at radius 1 is 1.33 bits per heavy atom. The number of likely N-dealkylation sites (N-methyl/N-ethyl adjacent to an activating group) is 1. The summed E-state index contributed by atoms with van der Waals surface area (Å²) in [6.45, 7) is 16.4. The summed E-state index contributed by atoms with van der Waals surface area (Å²) in [5.41, 5.74) is 6.35. The molecule has 0 bridgehead atoms. The Bertz CT molecular complexity index is 276. The Balaban J connectivity index is 2.51. The summed E-state index contributed by atoms with van der Waals surface area (Å²) in [5.74, 6) is 0.733. The van der Waals surface area contributed by atoms with Crippen molar-refractivity contribution in [1.82, 2.24) is 9.80 Å². The lowest BCUT2D eigenvalue weighted by molar-refractivity contribution is 0.209. The molecule has 2 N–H and O–H groups in total. The van der Waals surface area contributed by atoms with E-state index in [1.807, 2.05) is 0 Å². The zero-order valence-electron chi connectivity index (χ0n) is 12.7. The van der Waals surface area contributed by atoms with Crippen molar-refractivity contribution in [2.24, 2.45) is 16.1 Å². The molecule has 1 atom stereocenters. The first-order valence-electron chi connectivity index (χ1n) is 7.16. The van der Waals surface area contributed by atoms with Crippen LogP contribution >= 0.6 is 0 Å². The molecule has 1 aliphatic rings. The lowest BCUT2D eigenvalue weighted by Gasteiger charge is -2.32. The van der Waals surface area contributed by atoms with Crippen LogP contribution in [-0.4, -0.2) is 54.5 Å². The molecule has 0 spiro atoms. The number of aliphatic imine (C=N–C) groups is 1. The van der Waals surface area contributed by atoms with Crippen LogP contribution in [0.3, 0.4) is 0 Å². The third-order valence-corrected chi connectivity index (χ3v) is 3.60. The summed E-state index contributed by atoms with van der Waals surface area (Å²) in [6, 6.07) is 0.487.